The fourth-order valence-corrected chi connectivity index (χ4v) is 4.79. The second kappa shape index (κ2) is 10.1. The van der Waals surface area contributed by atoms with Gasteiger partial charge in [-0.2, -0.15) is 0 Å². The van der Waals surface area contributed by atoms with Crippen LogP contribution in [-0.2, 0) is 10.0 Å². The molecular formula is C23H26N6O4S2. The lowest BCUT2D eigenvalue weighted by Crippen LogP contribution is -2.30. The molecule has 0 aliphatic carbocycles. The van der Waals surface area contributed by atoms with E-state index in [0.29, 0.717) is 40.5 Å². The number of benzene rings is 2. The first-order valence-electron chi connectivity index (χ1n) is 10.6. The molecule has 0 saturated carbocycles. The molecule has 4 rings (SSSR count). The van der Waals surface area contributed by atoms with Crippen LogP contribution in [0.2, 0.25) is 0 Å². The summed E-state index contributed by atoms with van der Waals surface area (Å²) in [6.07, 6.45) is 5.96. The highest BCUT2D eigenvalue weighted by Gasteiger charge is 2.16. The van der Waals surface area contributed by atoms with Crippen LogP contribution in [0.4, 0.5) is 11.5 Å². The van der Waals surface area contributed by atoms with Crippen LogP contribution in [0.5, 0.6) is 0 Å². The number of rotatable bonds is 9. The van der Waals surface area contributed by atoms with Gasteiger partial charge in [0, 0.05) is 31.9 Å². The van der Waals surface area contributed by atoms with Crippen LogP contribution >= 0.6 is 10.8 Å². The zero-order valence-electron chi connectivity index (χ0n) is 19.2. The summed E-state index contributed by atoms with van der Waals surface area (Å²) < 4.78 is 48.2. The van der Waals surface area contributed by atoms with Crippen LogP contribution in [0, 0.1) is 0 Å². The van der Waals surface area contributed by atoms with Crippen LogP contribution < -0.4 is 10.0 Å². The molecule has 35 heavy (non-hydrogen) atoms. The summed E-state index contributed by atoms with van der Waals surface area (Å²) in [5.41, 5.74) is 3.40. The summed E-state index contributed by atoms with van der Waals surface area (Å²) in [7, 11) is -4.96. The molecule has 2 aromatic heterocycles. The number of nitrogens with zero attached hydrogens (tertiary/aromatic N) is 4. The van der Waals surface area contributed by atoms with Crippen LogP contribution in [-0.4, -0.2) is 63.2 Å². The summed E-state index contributed by atoms with van der Waals surface area (Å²) in [5.74, 6) is 0.530. The van der Waals surface area contributed by atoms with E-state index in [4.69, 9.17) is 0 Å². The van der Waals surface area contributed by atoms with Crippen molar-refractivity contribution < 1.29 is 17.5 Å². The number of hydrogen-bond donors (Lipinski definition) is 4. The van der Waals surface area contributed by atoms with E-state index in [1.807, 2.05) is 18.2 Å². The van der Waals surface area contributed by atoms with Crippen molar-refractivity contribution in [3.63, 3.8) is 0 Å². The van der Waals surface area contributed by atoms with Crippen molar-refractivity contribution in [1.82, 2.24) is 19.3 Å². The summed E-state index contributed by atoms with van der Waals surface area (Å²) >= 11 is 0. The molecule has 10 nitrogen and oxygen atoms in total. The largest absolute Gasteiger partial charge is 0.367 e. The lowest BCUT2D eigenvalue weighted by molar-refractivity contribution is 0.486. The summed E-state index contributed by atoms with van der Waals surface area (Å²) in [6.45, 7) is 0.682. The van der Waals surface area contributed by atoms with Gasteiger partial charge in [-0.25, -0.2) is 17.7 Å². The van der Waals surface area contributed by atoms with Crippen LogP contribution in [0.15, 0.2) is 78.1 Å². The summed E-state index contributed by atoms with van der Waals surface area (Å²) in [5, 5.41) is 3.09. The minimum atomic E-state index is -3.24. The SMILES string of the molecule is CN(CCNc1cnc2ccc(-c3cncc(NS(O)(O)c4ccccc4)c3)cc2n1)S(C)(=O)=O. The summed E-state index contributed by atoms with van der Waals surface area (Å²) in [6, 6.07) is 16.0. The van der Waals surface area contributed by atoms with Crippen molar-refractivity contribution in [1.29, 1.82) is 0 Å². The first-order chi connectivity index (χ1) is 16.6. The Morgan fingerprint density at radius 2 is 1.71 bits per heavy atom. The van der Waals surface area contributed by atoms with Crippen molar-refractivity contribution >= 4 is 43.3 Å². The van der Waals surface area contributed by atoms with Gasteiger partial charge in [-0.3, -0.25) is 23.8 Å². The monoisotopic (exact) mass is 514 g/mol. The Balaban J connectivity index is 1.53. The molecule has 4 aromatic rings. The fraction of sp³-hybridized carbons (Fsp3) is 0.174. The summed E-state index contributed by atoms with van der Waals surface area (Å²) in [4.78, 5) is 13.6. The van der Waals surface area contributed by atoms with E-state index in [9.17, 15) is 17.5 Å². The smallest absolute Gasteiger partial charge is 0.211 e. The molecule has 0 aliphatic rings. The molecule has 0 unspecified atom stereocenters. The minimum absolute atomic E-state index is 0.298. The van der Waals surface area contributed by atoms with Crippen molar-refractivity contribution in [2.45, 2.75) is 4.90 Å². The third-order valence-electron chi connectivity index (χ3n) is 5.24. The Kier molecular flexibility index (Phi) is 7.19. The average molecular weight is 515 g/mol. The molecular weight excluding hydrogens is 488 g/mol. The van der Waals surface area contributed by atoms with E-state index >= 15 is 0 Å². The van der Waals surface area contributed by atoms with Gasteiger partial charge >= 0.3 is 0 Å². The zero-order chi connectivity index (χ0) is 25.1. The topological polar surface area (TPSA) is 141 Å². The number of likely N-dealkylation sites (N-methyl/N-ethyl adjacent to an activating group) is 1. The number of aromatic nitrogens is 3. The van der Waals surface area contributed by atoms with Gasteiger partial charge < -0.3 is 5.32 Å². The van der Waals surface area contributed by atoms with Gasteiger partial charge in [0.1, 0.15) is 5.82 Å². The van der Waals surface area contributed by atoms with Crippen molar-refractivity contribution in [3.05, 3.63) is 73.2 Å². The number of pyridine rings is 1. The molecule has 0 bridgehead atoms. The van der Waals surface area contributed by atoms with Crippen molar-refractivity contribution in [2.75, 3.05) is 36.4 Å². The molecule has 4 N–H and O–H groups in total. The molecule has 2 aromatic carbocycles. The van der Waals surface area contributed by atoms with E-state index in [0.717, 1.165) is 17.4 Å². The van der Waals surface area contributed by atoms with E-state index in [-0.39, 0.29) is 0 Å². The predicted molar refractivity (Wildman–Crippen MR) is 140 cm³/mol. The molecule has 0 fully saturated rings. The molecule has 2 heterocycles. The van der Waals surface area contributed by atoms with Gasteiger partial charge in [0.05, 0.1) is 40.3 Å². The molecule has 184 valence electrons. The van der Waals surface area contributed by atoms with E-state index in [1.165, 1.54) is 17.5 Å². The molecule has 0 spiro atoms. The van der Waals surface area contributed by atoms with E-state index < -0.39 is 20.8 Å². The number of hydrogen-bond acceptors (Lipinski definition) is 9. The van der Waals surface area contributed by atoms with Gasteiger partial charge in [-0.05, 0) is 35.9 Å². The van der Waals surface area contributed by atoms with Crippen LogP contribution in [0.3, 0.4) is 0 Å². The van der Waals surface area contributed by atoms with Gasteiger partial charge in [0.25, 0.3) is 0 Å². The maximum atomic E-state index is 11.5. The molecule has 0 aliphatic heterocycles. The molecule has 0 radical (unpaired) electrons. The number of fused-ring (bicyclic) bond motifs is 1. The van der Waals surface area contributed by atoms with Crippen molar-refractivity contribution in [3.8, 4) is 11.1 Å². The third kappa shape index (κ3) is 6.24. The standard InChI is InChI=1S/C23H26N6O4S2/c1-29(34(2,30)31)11-10-25-23-16-26-21-9-8-17(13-22(21)27-23)18-12-19(15-24-14-18)28-35(32,33)20-6-4-3-5-7-20/h3-9,12-16,28,32-33H,10-11H2,1-2H3,(H,25,27). The van der Waals surface area contributed by atoms with Gasteiger partial charge in [0.2, 0.25) is 10.0 Å². The Labute approximate surface area is 205 Å². The van der Waals surface area contributed by atoms with Crippen LogP contribution in [0.1, 0.15) is 0 Å². The Morgan fingerprint density at radius 1 is 0.943 bits per heavy atom. The van der Waals surface area contributed by atoms with Crippen molar-refractivity contribution in [2.24, 2.45) is 0 Å². The van der Waals surface area contributed by atoms with Crippen LogP contribution in [0.25, 0.3) is 22.2 Å². The van der Waals surface area contributed by atoms with Gasteiger partial charge in [0.15, 0.2) is 0 Å². The number of nitrogens with one attached hydrogen (secondary N) is 2. The maximum absolute atomic E-state index is 11.5. The lowest BCUT2D eigenvalue weighted by Gasteiger charge is -2.33. The normalized spacial score (nSPS) is 12.6. The first kappa shape index (κ1) is 24.8. The molecule has 0 saturated heterocycles. The average Bonchev–Trinajstić information content (AvgIpc) is 2.83. The second-order valence-corrected chi connectivity index (χ2v) is 11.8. The Bertz CT molecular complexity index is 1430. The van der Waals surface area contributed by atoms with E-state index in [1.54, 1.807) is 48.8 Å². The highest BCUT2D eigenvalue weighted by molar-refractivity contribution is 8.25. The van der Waals surface area contributed by atoms with E-state index in [2.05, 4.69) is 25.0 Å². The minimum Gasteiger partial charge on any atom is -0.367 e. The van der Waals surface area contributed by atoms with Gasteiger partial charge in [-0.15, -0.1) is 0 Å². The second-order valence-electron chi connectivity index (χ2n) is 7.90. The van der Waals surface area contributed by atoms with Gasteiger partial charge in [-0.1, -0.05) is 35.0 Å². The number of anilines is 2. The first-order valence-corrected chi connectivity index (χ1v) is 14.0. The molecule has 0 atom stereocenters. The quantitative estimate of drug-likeness (QED) is 0.259. The third-order valence-corrected chi connectivity index (χ3v) is 8.01. The zero-order valence-corrected chi connectivity index (χ0v) is 20.8. The molecule has 12 heteroatoms. The number of sulfonamides is 1. The highest BCUT2D eigenvalue weighted by Crippen LogP contribution is 2.47. The Morgan fingerprint density at radius 3 is 2.46 bits per heavy atom. The predicted octanol–water partition coefficient (Wildman–Crippen LogP) is 4.13. The molecule has 0 amide bonds. The lowest BCUT2D eigenvalue weighted by atomic mass is 10.1. The Hall–Kier alpha value is -3.29. The highest BCUT2D eigenvalue weighted by atomic mass is 32.3. The fourth-order valence-electron chi connectivity index (χ4n) is 3.27. The maximum Gasteiger partial charge on any atom is 0.211 e.